The highest BCUT2D eigenvalue weighted by Crippen LogP contribution is 2.27. The minimum absolute atomic E-state index is 0.234. The first-order chi connectivity index (χ1) is 8.75. The second-order valence-corrected chi connectivity index (χ2v) is 5.08. The van der Waals surface area contributed by atoms with Gasteiger partial charge in [-0.1, -0.05) is 6.92 Å². The molecule has 112 valence electrons. The van der Waals surface area contributed by atoms with Gasteiger partial charge >= 0.3 is 12.1 Å². The molecule has 1 aliphatic rings. The molecule has 0 aliphatic carbocycles. The second kappa shape index (κ2) is 6.56. The molecule has 19 heavy (non-hydrogen) atoms. The Morgan fingerprint density at radius 1 is 1.53 bits per heavy atom. The van der Waals surface area contributed by atoms with Gasteiger partial charge in [-0.15, -0.1) is 0 Å². The predicted molar refractivity (Wildman–Crippen MR) is 64.9 cm³/mol. The number of rotatable bonds is 6. The van der Waals surface area contributed by atoms with Crippen molar-refractivity contribution in [1.29, 1.82) is 0 Å². The van der Waals surface area contributed by atoms with E-state index in [1.165, 1.54) is 4.90 Å². The average molecular weight is 282 g/mol. The molecule has 1 saturated heterocycles. The molecule has 0 aromatic carbocycles. The Labute approximate surface area is 111 Å². The van der Waals surface area contributed by atoms with Gasteiger partial charge in [0.05, 0.1) is 0 Å². The van der Waals surface area contributed by atoms with Crippen LogP contribution in [0.3, 0.4) is 0 Å². The summed E-state index contributed by atoms with van der Waals surface area (Å²) in [5.41, 5.74) is 0. The highest BCUT2D eigenvalue weighted by molar-refractivity contribution is 5.71. The fourth-order valence-electron chi connectivity index (χ4n) is 2.59. The Hall–Kier alpha value is -0.820. The standard InChI is InChI=1S/C12H21F3N2O2/c1-3-17-6-4-5-9(17)7-16(2)8-10(11(18)19)12(13,14)15/h9-10H,3-8H2,1-2H3,(H,18,19). The minimum atomic E-state index is -4.69. The number of likely N-dealkylation sites (tertiary alicyclic amines) is 1. The van der Waals surface area contributed by atoms with Crippen molar-refractivity contribution in [1.82, 2.24) is 9.80 Å². The van der Waals surface area contributed by atoms with Crippen molar-refractivity contribution < 1.29 is 23.1 Å². The third-order valence-electron chi connectivity index (χ3n) is 3.62. The van der Waals surface area contributed by atoms with E-state index in [9.17, 15) is 18.0 Å². The van der Waals surface area contributed by atoms with Crippen LogP contribution in [0.1, 0.15) is 19.8 Å². The molecule has 4 nitrogen and oxygen atoms in total. The van der Waals surface area contributed by atoms with Crippen molar-refractivity contribution in [2.45, 2.75) is 32.0 Å². The maximum absolute atomic E-state index is 12.6. The summed E-state index contributed by atoms with van der Waals surface area (Å²) in [6.07, 6.45) is -2.68. The largest absolute Gasteiger partial charge is 0.481 e. The lowest BCUT2D eigenvalue weighted by atomic mass is 10.1. The first-order valence-electron chi connectivity index (χ1n) is 6.47. The van der Waals surface area contributed by atoms with E-state index < -0.39 is 24.6 Å². The maximum atomic E-state index is 12.6. The van der Waals surface area contributed by atoms with Gasteiger partial charge in [0.1, 0.15) is 0 Å². The van der Waals surface area contributed by atoms with Crippen LogP contribution in [0.2, 0.25) is 0 Å². The van der Waals surface area contributed by atoms with E-state index in [1.54, 1.807) is 7.05 Å². The number of hydrogen-bond acceptors (Lipinski definition) is 3. The van der Waals surface area contributed by atoms with E-state index in [4.69, 9.17) is 5.11 Å². The normalized spacial score (nSPS) is 22.9. The minimum Gasteiger partial charge on any atom is -0.481 e. The van der Waals surface area contributed by atoms with Crippen LogP contribution in [0.4, 0.5) is 13.2 Å². The molecule has 1 aliphatic heterocycles. The molecule has 0 aromatic rings. The van der Waals surface area contributed by atoms with Crippen LogP contribution in [-0.2, 0) is 4.79 Å². The molecule has 1 N–H and O–H groups in total. The smallest absolute Gasteiger partial charge is 0.403 e. The van der Waals surface area contributed by atoms with E-state index >= 15 is 0 Å². The predicted octanol–water partition coefficient (Wildman–Crippen LogP) is 1.67. The van der Waals surface area contributed by atoms with Gasteiger partial charge in [-0.3, -0.25) is 9.69 Å². The molecule has 0 saturated carbocycles. The molecule has 1 fully saturated rings. The first kappa shape index (κ1) is 16.2. The van der Waals surface area contributed by atoms with E-state index in [0.29, 0.717) is 6.54 Å². The Kier molecular flexibility index (Phi) is 5.61. The quantitative estimate of drug-likeness (QED) is 0.805. The Morgan fingerprint density at radius 3 is 2.63 bits per heavy atom. The third kappa shape index (κ3) is 4.65. The molecule has 7 heteroatoms. The van der Waals surface area contributed by atoms with Crippen molar-refractivity contribution in [3.8, 4) is 0 Å². The zero-order valence-corrected chi connectivity index (χ0v) is 11.3. The molecule has 0 radical (unpaired) electrons. The van der Waals surface area contributed by atoms with Gasteiger partial charge in [0, 0.05) is 19.1 Å². The van der Waals surface area contributed by atoms with Gasteiger partial charge in [0.15, 0.2) is 5.92 Å². The third-order valence-corrected chi connectivity index (χ3v) is 3.62. The van der Waals surface area contributed by atoms with Crippen molar-refractivity contribution in [3.05, 3.63) is 0 Å². The summed E-state index contributed by atoms with van der Waals surface area (Å²) in [6.45, 7) is 3.85. The summed E-state index contributed by atoms with van der Waals surface area (Å²) in [7, 11) is 1.55. The van der Waals surface area contributed by atoms with Crippen LogP contribution in [0, 0.1) is 5.92 Å². The number of alkyl halides is 3. The summed E-state index contributed by atoms with van der Waals surface area (Å²) in [5, 5.41) is 8.66. The van der Waals surface area contributed by atoms with Crippen LogP contribution in [0.25, 0.3) is 0 Å². The molecule has 2 unspecified atom stereocenters. The molecule has 0 spiro atoms. The number of hydrogen-bond donors (Lipinski definition) is 1. The molecule has 0 aromatic heterocycles. The maximum Gasteiger partial charge on any atom is 0.403 e. The first-order valence-corrected chi connectivity index (χ1v) is 6.47. The Morgan fingerprint density at radius 2 is 2.16 bits per heavy atom. The second-order valence-electron chi connectivity index (χ2n) is 5.08. The topological polar surface area (TPSA) is 43.8 Å². The van der Waals surface area contributed by atoms with E-state index in [-0.39, 0.29) is 6.04 Å². The van der Waals surface area contributed by atoms with E-state index in [1.807, 2.05) is 6.92 Å². The number of carboxylic acid groups (broad SMARTS) is 1. The van der Waals surface area contributed by atoms with Gasteiger partial charge in [-0.2, -0.15) is 13.2 Å². The fourth-order valence-corrected chi connectivity index (χ4v) is 2.59. The molecule has 0 amide bonds. The monoisotopic (exact) mass is 282 g/mol. The Bertz CT molecular complexity index is 310. The summed E-state index contributed by atoms with van der Waals surface area (Å²) in [5.74, 6) is -4.12. The number of nitrogens with zero attached hydrogens (tertiary/aromatic N) is 2. The molecule has 2 atom stereocenters. The van der Waals surface area contributed by atoms with Crippen LogP contribution >= 0.6 is 0 Å². The van der Waals surface area contributed by atoms with Crippen LogP contribution in [0.15, 0.2) is 0 Å². The van der Waals surface area contributed by atoms with Crippen molar-refractivity contribution in [2.24, 2.45) is 5.92 Å². The van der Waals surface area contributed by atoms with Gasteiger partial charge in [0.2, 0.25) is 0 Å². The summed E-state index contributed by atoms with van der Waals surface area (Å²) >= 11 is 0. The number of halogens is 3. The summed E-state index contributed by atoms with van der Waals surface area (Å²) < 4.78 is 37.7. The SMILES string of the molecule is CCN1CCCC1CN(C)CC(C(=O)O)C(F)(F)F. The van der Waals surface area contributed by atoms with Crippen molar-refractivity contribution >= 4 is 5.97 Å². The highest BCUT2D eigenvalue weighted by atomic mass is 19.4. The van der Waals surface area contributed by atoms with E-state index in [2.05, 4.69) is 4.90 Å². The zero-order chi connectivity index (χ0) is 14.6. The zero-order valence-electron chi connectivity index (χ0n) is 11.3. The van der Waals surface area contributed by atoms with Crippen LogP contribution in [-0.4, -0.2) is 66.3 Å². The highest BCUT2D eigenvalue weighted by Gasteiger charge is 2.45. The summed E-state index contributed by atoms with van der Waals surface area (Å²) in [4.78, 5) is 14.4. The lowest BCUT2D eigenvalue weighted by Crippen LogP contribution is -2.44. The molecular formula is C12H21F3N2O2. The number of carbonyl (C=O) groups is 1. The number of carboxylic acids is 1. The van der Waals surface area contributed by atoms with Gasteiger partial charge in [0.25, 0.3) is 0 Å². The Balaban J connectivity index is 2.53. The van der Waals surface area contributed by atoms with Crippen LogP contribution < -0.4 is 0 Å². The van der Waals surface area contributed by atoms with Crippen LogP contribution in [0.5, 0.6) is 0 Å². The molecule has 1 rings (SSSR count). The van der Waals surface area contributed by atoms with E-state index in [0.717, 1.165) is 25.9 Å². The molecule has 0 bridgehead atoms. The lowest BCUT2D eigenvalue weighted by molar-refractivity contribution is -0.196. The average Bonchev–Trinajstić information content (AvgIpc) is 2.71. The van der Waals surface area contributed by atoms with Gasteiger partial charge < -0.3 is 10.0 Å². The van der Waals surface area contributed by atoms with Gasteiger partial charge in [-0.05, 0) is 33.0 Å². The molecular weight excluding hydrogens is 261 g/mol. The van der Waals surface area contributed by atoms with Gasteiger partial charge in [-0.25, -0.2) is 0 Å². The number of likely N-dealkylation sites (N-methyl/N-ethyl adjacent to an activating group) is 2. The summed E-state index contributed by atoms with van der Waals surface area (Å²) in [6, 6.07) is 0.234. The lowest BCUT2D eigenvalue weighted by Gasteiger charge is -2.29. The fraction of sp³-hybridized carbons (Fsp3) is 0.917. The number of aliphatic carboxylic acids is 1. The van der Waals surface area contributed by atoms with Crippen molar-refractivity contribution in [2.75, 3.05) is 33.2 Å². The van der Waals surface area contributed by atoms with Crippen molar-refractivity contribution in [3.63, 3.8) is 0 Å². The molecule has 1 heterocycles.